The van der Waals surface area contributed by atoms with Crippen LogP contribution in [0.15, 0.2) is 97.1 Å². The van der Waals surface area contributed by atoms with Crippen LogP contribution in [0.4, 0.5) is 0 Å². The average Bonchev–Trinajstić information content (AvgIpc) is 3.79. The predicted molar refractivity (Wildman–Crippen MR) is 186 cm³/mol. The van der Waals surface area contributed by atoms with Crippen LogP contribution in [0.2, 0.25) is 0 Å². The molecule has 3 aromatic heterocycles. The zero-order valence-corrected chi connectivity index (χ0v) is 35.0. The number of fused-ring (bicyclic) bond motifs is 20. The molecule has 4 aromatic carbocycles. The minimum absolute atomic E-state index is 0. The molecule has 0 saturated carbocycles. The number of benzene rings is 4. The van der Waals surface area contributed by atoms with Crippen molar-refractivity contribution in [3.05, 3.63) is 104 Å². The predicted octanol–water partition coefficient (Wildman–Crippen LogP) is -1.26. The molecule has 8 bridgehead atoms. The van der Waals surface area contributed by atoms with Crippen LogP contribution in [-0.4, -0.2) is 61.8 Å². The standard InChI is InChI=1S/C32H16N8.CH4O3S.CH3.Cu.2Na.O3S/c1-2-10-18-17(9-1)25-33-26(18)38-28-21-13-5-6-14-22(21)30(35-28)40-32-24-16-8-7-15-23(24)31(36-32)39-29-20-12-4-3-11-19(20)27(34-29)37-25;1-5(2,3)4;;;;;1-4(2)3/h1-16H;1H3,(H,2,3,4);1H3;;;;/q-2;;-1;+2;2*+1;/p-1. The van der Waals surface area contributed by atoms with Crippen molar-refractivity contribution < 1.29 is 102 Å². The first-order valence-corrected chi connectivity index (χ1v) is 17.1. The molecular weight excluding hydrogens is 790 g/mol. The Hall–Kier alpha value is -3.71. The van der Waals surface area contributed by atoms with Crippen LogP contribution in [0.25, 0.3) is 89.7 Å². The molecule has 19 heteroatoms. The summed E-state index contributed by atoms with van der Waals surface area (Å²) in [6.07, 6.45) is 0.604. The second-order valence-corrected chi connectivity index (χ2v) is 12.4. The van der Waals surface area contributed by atoms with Crippen LogP contribution >= 0.6 is 0 Å². The first-order valence-electron chi connectivity index (χ1n) is 14.3. The van der Waals surface area contributed by atoms with Crippen molar-refractivity contribution in [1.82, 2.24) is 39.9 Å². The van der Waals surface area contributed by atoms with Crippen LogP contribution in [0.3, 0.4) is 0 Å². The molecule has 5 heterocycles. The summed E-state index contributed by atoms with van der Waals surface area (Å²) < 4.78 is 52.6. The van der Waals surface area contributed by atoms with Gasteiger partial charge in [-0.05, 0) is 21.5 Å². The molecule has 0 amide bonds. The number of aromatic nitrogens is 8. The van der Waals surface area contributed by atoms with Gasteiger partial charge in [0.2, 0.25) is 0 Å². The maximum atomic E-state index is 9.08. The van der Waals surface area contributed by atoms with E-state index in [1.807, 2.05) is 97.1 Å². The second kappa shape index (κ2) is 18.1. The molecule has 2 aliphatic rings. The Morgan fingerprint density at radius 1 is 0.491 bits per heavy atom. The van der Waals surface area contributed by atoms with Crippen LogP contribution in [-0.2, 0) is 37.8 Å². The molecule has 53 heavy (non-hydrogen) atoms. The van der Waals surface area contributed by atoms with Gasteiger partial charge in [0, 0.05) is 51.1 Å². The van der Waals surface area contributed by atoms with Gasteiger partial charge in [0.25, 0.3) is 0 Å². The van der Waals surface area contributed by atoms with E-state index in [2.05, 4.69) is 0 Å². The van der Waals surface area contributed by atoms with E-state index >= 15 is 0 Å². The molecule has 14 nitrogen and oxygen atoms in total. The van der Waals surface area contributed by atoms with Gasteiger partial charge in [-0.2, -0.15) is 0 Å². The minimum atomic E-state index is -3.92. The fraction of sp³-hybridized carbons (Fsp3) is 0.0294. The van der Waals surface area contributed by atoms with E-state index in [-0.39, 0.29) is 83.6 Å². The van der Waals surface area contributed by atoms with Crippen molar-refractivity contribution in [2.45, 2.75) is 0 Å². The fourth-order valence-corrected chi connectivity index (χ4v) is 5.46. The van der Waals surface area contributed by atoms with Gasteiger partial charge in [0.1, 0.15) is 0 Å². The molecular formula is C34H22CuN8Na2O6S2. The molecule has 259 valence electrons. The number of rotatable bonds is 0. The summed E-state index contributed by atoms with van der Waals surface area (Å²) in [7, 11) is -7.03. The van der Waals surface area contributed by atoms with E-state index in [0.29, 0.717) is 52.1 Å². The Labute approximate surface area is 359 Å². The molecule has 0 saturated heterocycles. The van der Waals surface area contributed by atoms with E-state index in [1.165, 1.54) is 0 Å². The van der Waals surface area contributed by atoms with Crippen LogP contribution < -0.4 is 69.1 Å². The quantitative estimate of drug-likeness (QED) is 0.0994. The van der Waals surface area contributed by atoms with Gasteiger partial charge in [-0.1, -0.05) is 97.1 Å². The Bertz CT molecular complexity index is 2540. The second-order valence-electron chi connectivity index (χ2n) is 10.6. The smallest absolute Gasteiger partial charge is 0.748 e. The van der Waals surface area contributed by atoms with Gasteiger partial charge >= 0.3 is 86.8 Å². The van der Waals surface area contributed by atoms with Gasteiger partial charge in [-0.25, -0.2) is 18.4 Å². The molecule has 0 aliphatic carbocycles. The van der Waals surface area contributed by atoms with Crippen LogP contribution in [0.5, 0.6) is 0 Å². The van der Waals surface area contributed by atoms with E-state index in [1.54, 1.807) is 0 Å². The molecule has 1 radical (unpaired) electrons. The summed E-state index contributed by atoms with van der Waals surface area (Å²) in [6, 6.07) is 31.8. The van der Waals surface area contributed by atoms with E-state index in [9.17, 15) is 0 Å². The summed E-state index contributed by atoms with van der Waals surface area (Å²) in [5.74, 6) is 2.21. The Morgan fingerprint density at radius 3 is 0.887 bits per heavy atom. The first-order chi connectivity index (χ1) is 23.5. The summed E-state index contributed by atoms with van der Waals surface area (Å²) in [4.78, 5) is 39.3. The van der Waals surface area contributed by atoms with Crippen molar-refractivity contribution in [2.24, 2.45) is 0 Å². The van der Waals surface area contributed by atoms with Crippen molar-refractivity contribution in [1.29, 1.82) is 0 Å². The Balaban J connectivity index is 0.000000528. The largest absolute Gasteiger partial charge is 2.00 e. The van der Waals surface area contributed by atoms with Gasteiger partial charge in [0.15, 0.2) is 0 Å². The maximum absolute atomic E-state index is 9.08. The summed E-state index contributed by atoms with van der Waals surface area (Å²) >= 11 is 0. The third kappa shape index (κ3) is 9.51. The van der Waals surface area contributed by atoms with Crippen molar-refractivity contribution in [3.63, 3.8) is 0 Å². The summed E-state index contributed by atoms with van der Waals surface area (Å²) in [5, 5.41) is 3.57. The molecule has 0 fully saturated rings. The van der Waals surface area contributed by atoms with E-state index < -0.39 is 20.7 Å². The van der Waals surface area contributed by atoms with Gasteiger partial charge in [-0.15, -0.1) is 12.6 Å². The third-order valence-corrected chi connectivity index (χ3v) is 7.33. The van der Waals surface area contributed by atoms with Gasteiger partial charge < -0.3 is 41.9 Å². The van der Waals surface area contributed by atoms with E-state index in [0.717, 1.165) is 43.8 Å². The van der Waals surface area contributed by atoms with Crippen LogP contribution in [0, 0.1) is 7.43 Å². The molecule has 2 aliphatic heterocycles. The zero-order chi connectivity index (χ0) is 34.3. The molecule has 0 spiro atoms. The molecule has 7 aromatic rings. The molecule has 0 unspecified atom stereocenters. The van der Waals surface area contributed by atoms with Crippen molar-refractivity contribution >= 4 is 64.9 Å². The van der Waals surface area contributed by atoms with Gasteiger partial charge in [-0.3, -0.25) is 0 Å². The molecule has 9 rings (SSSR count). The molecule has 0 N–H and O–H groups in total. The van der Waals surface area contributed by atoms with Crippen molar-refractivity contribution in [3.8, 4) is 45.6 Å². The number of hydrogen-bond acceptors (Lipinski definition) is 12. The fourth-order valence-electron chi connectivity index (χ4n) is 5.46. The molecule has 0 atom stereocenters. The number of nitrogens with zero attached hydrogens (tertiary/aromatic N) is 8. The van der Waals surface area contributed by atoms with Crippen molar-refractivity contribution in [2.75, 3.05) is 6.26 Å². The Kier molecular flexibility index (Phi) is 14.9. The Morgan fingerprint density at radius 2 is 0.679 bits per heavy atom. The SMILES string of the molecule is CS(=O)(=O)[O-].O=S(=O)=O.[CH3-].[Cu+2].[Na+].[Na+].c1ccc2c(c1)-c1nc-2nc2[n-]c(nc3nc(nc4[n-]c(n1)c1ccccc41)-c1ccccc1-3)c1ccccc21. The summed E-state index contributed by atoms with van der Waals surface area (Å²) in [6.45, 7) is 0. The van der Waals surface area contributed by atoms with Gasteiger partial charge in [0.05, 0.1) is 33.4 Å². The normalized spacial score (nSPS) is 10.6. The summed E-state index contributed by atoms with van der Waals surface area (Å²) in [5.41, 5.74) is 5.78. The van der Waals surface area contributed by atoms with Crippen LogP contribution in [0.1, 0.15) is 0 Å². The average molecular weight is 812 g/mol. The van der Waals surface area contributed by atoms with E-state index in [4.69, 9.17) is 65.5 Å². The monoisotopic (exact) mass is 811 g/mol. The maximum Gasteiger partial charge on any atom is 2.00 e. The number of hydrogen-bond donors (Lipinski definition) is 0. The minimum Gasteiger partial charge on any atom is -0.748 e. The zero-order valence-electron chi connectivity index (χ0n) is 28.4. The first kappa shape index (κ1) is 43.7. The topological polar surface area (TPSA) is 214 Å². The third-order valence-electron chi connectivity index (χ3n) is 7.33.